The van der Waals surface area contributed by atoms with Crippen molar-refractivity contribution in [1.82, 2.24) is 0 Å². The van der Waals surface area contributed by atoms with Crippen LogP contribution in [0.15, 0.2) is 16.6 Å². The molecule has 1 aromatic carbocycles. The topological polar surface area (TPSA) is 47.9 Å². The Morgan fingerprint density at radius 1 is 1.26 bits per heavy atom. The molecule has 19 heavy (non-hydrogen) atoms. The molecule has 0 aliphatic heterocycles. The Balaban J connectivity index is 2.78. The largest absolute Gasteiger partial charge is 0.495 e. The second-order valence-corrected chi connectivity index (χ2v) is 4.85. The molecule has 108 valence electrons. The van der Waals surface area contributed by atoms with Crippen molar-refractivity contribution >= 4 is 15.9 Å². The molecule has 0 radical (unpaired) electrons. The van der Waals surface area contributed by atoms with Gasteiger partial charge in [-0.2, -0.15) is 0 Å². The molecule has 0 saturated carbocycles. The van der Waals surface area contributed by atoms with Gasteiger partial charge < -0.3 is 19.3 Å². The van der Waals surface area contributed by atoms with E-state index in [2.05, 4.69) is 15.9 Å². The predicted octanol–water partition coefficient (Wildman–Crippen LogP) is 3.32. The summed E-state index contributed by atoms with van der Waals surface area (Å²) in [6.45, 7) is 3.32. The lowest BCUT2D eigenvalue weighted by molar-refractivity contribution is 0.113. The first-order valence-corrected chi connectivity index (χ1v) is 7.11. The normalized spacial score (nSPS) is 12.3. The van der Waals surface area contributed by atoms with Crippen LogP contribution in [0.25, 0.3) is 0 Å². The Morgan fingerprint density at radius 3 is 2.58 bits per heavy atom. The van der Waals surface area contributed by atoms with Gasteiger partial charge in [0, 0.05) is 18.8 Å². The Morgan fingerprint density at radius 2 is 2.00 bits per heavy atom. The van der Waals surface area contributed by atoms with E-state index in [1.165, 1.54) is 0 Å². The van der Waals surface area contributed by atoms with E-state index in [0.717, 1.165) is 16.5 Å². The zero-order valence-corrected chi connectivity index (χ0v) is 13.2. The van der Waals surface area contributed by atoms with Crippen LogP contribution in [0.4, 0.5) is 0 Å². The van der Waals surface area contributed by atoms with Crippen LogP contribution in [0, 0.1) is 0 Å². The second kappa shape index (κ2) is 8.40. The Kier molecular flexibility index (Phi) is 7.20. The van der Waals surface area contributed by atoms with Gasteiger partial charge in [0.05, 0.1) is 20.3 Å². The monoisotopic (exact) mass is 332 g/mol. The van der Waals surface area contributed by atoms with Crippen molar-refractivity contribution in [3.05, 3.63) is 22.2 Å². The quantitative estimate of drug-likeness (QED) is 0.742. The molecule has 5 heteroatoms. The van der Waals surface area contributed by atoms with Gasteiger partial charge in [-0.25, -0.2) is 0 Å². The van der Waals surface area contributed by atoms with Crippen LogP contribution in [-0.2, 0) is 4.74 Å². The molecule has 0 saturated heterocycles. The van der Waals surface area contributed by atoms with Gasteiger partial charge >= 0.3 is 0 Å². The molecule has 0 aliphatic carbocycles. The Bertz CT molecular complexity index is 395. The lowest BCUT2D eigenvalue weighted by Crippen LogP contribution is -2.04. The average molecular weight is 333 g/mol. The summed E-state index contributed by atoms with van der Waals surface area (Å²) in [4.78, 5) is 0. The highest BCUT2D eigenvalue weighted by atomic mass is 79.9. The van der Waals surface area contributed by atoms with Gasteiger partial charge in [0.1, 0.15) is 16.0 Å². The molecule has 0 bridgehead atoms. The number of methoxy groups -OCH3 is 2. The molecule has 1 unspecified atom stereocenters. The number of hydrogen-bond donors (Lipinski definition) is 1. The van der Waals surface area contributed by atoms with Gasteiger partial charge in [0.2, 0.25) is 0 Å². The second-order valence-electron chi connectivity index (χ2n) is 4.06. The third kappa shape index (κ3) is 4.37. The van der Waals surface area contributed by atoms with Crippen LogP contribution in [0.5, 0.6) is 11.5 Å². The third-order valence-corrected chi connectivity index (χ3v) is 3.60. The van der Waals surface area contributed by atoms with Crippen LogP contribution in [0.1, 0.15) is 31.4 Å². The highest BCUT2D eigenvalue weighted by Crippen LogP contribution is 2.40. The van der Waals surface area contributed by atoms with Gasteiger partial charge in [0.25, 0.3) is 0 Å². The molecule has 0 aliphatic rings. The molecule has 0 fully saturated rings. The van der Waals surface area contributed by atoms with E-state index in [9.17, 15) is 5.11 Å². The standard InChI is InChI=1S/C14H21BrO4/c1-4-19-9-5-6-11(16)10-7-8-12(17-2)13(15)14(10)18-3/h7-8,11,16H,4-6,9H2,1-3H3. The average Bonchev–Trinajstić information content (AvgIpc) is 2.43. The van der Waals surface area contributed by atoms with E-state index < -0.39 is 6.10 Å². The van der Waals surface area contributed by atoms with Crippen LogP contribution < -0.4 is 9.47 Å². The number of hydrogen-bond acceptors (Lipinski definition) is 4. The molecule has 0 heterocycles. The first-order chi connectivity index (χ1) is 9.15. The minimum Gasteiger partial charge on any atom is -0.495 e. The summed E-state index contributed by atoms with van der Waals surface area (Å²) in [5, 5.41) is 10.2. The van der Waals surface area contributed by atoms with Crippen molar-refractivity contribution in [3.63, 3.8) is 0 Å². The number of benzene rings is 1. The van der Waals surface area contributed by atoms with E-state index in [1.54, 1.807) is 14.2 Å². The van der Waals surface area contributed by atoms with Crippen LogP contribution in [0.3, 0.4) is 0 Å². The molecule has 1 rings (SSSR count). The zero-order chi connectivity index (χ0) is 14.3. The van der Waals surface area contributed by atoms with Crippen LogP contribution >= 0.6 is 15.9 Å². The van der Waals surface area contributed by atoms with Gasteiger partial charge in [-0.3, -0.25) is 0 Å². The molecular weight excluding hydrogens is 312 g/mol. The van der Waals surface area contributed by atoms with Gasteiger partial charge in [-0.05, 0) is 47.8 Å². The smallest absolute Gasteiger partial charge is 0.142 e. The fourth-order valence-electron chi connectivity index (χ4n) is 1.86. The Hall–Kier alpha value is -0.780. The highest BCUT2D eigenvalue weighted by molar-refractivity contribution is 9.10. The number of aliphatic hydroxyl groups excluding tert-OH is 1. The third-order valence-electron chi connectivity index (χ3n) is 2.85. The van der Waals surface area contributed by atoms with E-state index in [1.807, 2.05) is 19.1 Å². The summed E-state index contributed by atoms with van der Waals surface area (Å²) in [6.07, 6.45) is 0.870. The van der Waals surface area contributed by atoms with Crippen molar-refractivity contribution < 1.29 is 19.3 Å². The minimum atomic E-state index is -0.572. The summed E-state index contributed by atoms with van der Waals surface area (Å²) in [6, 6.07) is 3.64. The lowest BCUT2D eigenvalue weighted by atomic mass is 10.0. The maximum absolute atomic E-state index is 10.2. The Labute approximate surface area is 122 Å². The first kappa shape index (κ1) is 16.3. The summed E-state index contributed by atoms with van der Waals surface area (Å²) < 4.78 is 16.5. The summed E-state index contributed by atoms with van der Waals surface area (Å²) in [7, 11) is 3.17. The van der Waals surface area contributed by atoms with Crippen molar-refractivity contribution in [2.24, 2.45) is 0 Å². The SMILES string of the molecule is CCOCCCC(O)c1ccc(OC)c(Br)c1OC. The summed E-state index contributed by atoms with van der Waals surface area (Å²) in [5.41, 5.74) is 0.756. The molecule has 1 aromatic rings. The van der Waals surface area contributed by atoms with Gasteiger partial charge in [-0.1, -0.05) is 0 Å². The maximum atomic E-state index is 10.2. The van der Waals surface area contributed by atoms with Crippen molar-refractivity contribution in [2.45, 2.75) is 25.9 Å². The lowest BCUT2D eigenvalue weighted by Gasteiger charge is -2.17. The highest BCUT2D eigenvalue weighted by Gasteiger charge is 2.18. The molecular formula is C14H21BrO4. The molecule has 0 amide bonds. The predicted molar refractivity (Wildman–Crippen MR) is 77.9 cm³/mol. The number of rotatable bonds is 8. The minimum absolute atomic E-state index is 0.572. The molecule has 0 spiro atoms. The van der Waals surface area contributed by atoms with E-state index in [-0.39, 0.29) is 0 Å². The van der Waals surface area contributed by atoms with E-state index in [4.69, 9.17) is 14.2 Å². The fraction of sp³-hybridized carbons (Fsp3) is 0.571. The van der Waals surface area contributed by atoms with E-state index >= 15 is 0 Å². The fourth-order valence-corrected chi connectivity index (χ4v) is 2.54. The number of halogens is 1. The number of aliphatic hydroxyl groups is 1. The van der Waals surface area contributed by atoms with Crippen LogP contribution in [0.2, 0.25) is 0 Å². The van der Waals surface area contributed by atoms with Crippen molar-refractivity contribution in [2.75, 3.05) is 27.4 Å². The molecule has 4 nitrogen and oxygen atoms in total. The first-order valence-electron chi connectivity index (χ1n) is 6.31. The van der Waals surface area contributed by atoms with Crippen molar-refractivity contribution in [3.8, 4) is 11.5 Å². The van der Waals surface area contributed by atoms with Gasteiger partial charge in [0.15, 0.2) is 0 Å². The van der Waals surface area contributed by atoms with Crippen LogP contribution in [-0.4, -0.2) is 32.5 Å². The summed E-state index contributed by atoms with van der Waals surface area (Å²) >= 11 is 3.43. The van der Waals surface area contributed by atoms with Crippen molar-refractivity contribution in [1.29, 1.82) is 0 Å². The number of ether oxygens (including phenoxy) is 3. The van der Waals surface area contributed by atoms with Gasteiger partial charge in [-0.15, -0.1) is 0 Å². The maximum Gasteiger partial charge on any atom is 0.142 e. The summed E-state index contributed by atoms with van der Waals surface area (Å²) in [5.74, 6) is 1.30. The molecule has 1 N–H and O–H groups in total. The zero-order valence-electron chi connectivity index (χ0n) is 11.6. The molecule has 1 atom stereocenters. The van der Waals surface area contributed by atoms with E-state index in [0.29, 0.717) is 31.1 Å². The molecule has 0 aromatic heterocycles.